The first kappa shape index (κ1) is 20.5. The number of benzene rings is 2. The van der Waals surface area contributed by atoms with Crippen LogP contribution in [-0.4, -0.2) is 32.3 Å². The van der Waals surface area contributed by atoms with Crippen molar-refractivity contribution < 1.29 is 14.0 Å². The van der Waals surface area contributed by atoms with Gasteiger partial charge in [-0.25, -0.2) is 4.39 Å². The molecular formula is C20H20FN5O2S. The second kappa shape index (κ2) is 9.33. The molecule has 9 heteroatoms. The summed E-state index contributed by atoms with van der Waals surface area (Å²) >= 11 is 1.18. The normalized spacial score (nSPS) is 11.7. The summed E-state index contributed by atoms with van der Waals surface area (Å²) in [4.78, 5) is 24.4. The van der Waals surface area contributed by atoms with Gasteiger partial charge in [0.05, 0.1) is 17.5 Å². The van der Waals surface area contributed by atoms with E-state index in [1.165, 1.54) is 23.9 Å². The van der Waals surface area contributed by atoms with Crippen molar-refractivity contribution in [3.05, 3.63) is 71.8 Å². The number of thioether (sulfide) groups is 1. The lowest BCUT2D eigenvalue weighted by Gasteiger charge is -2.13. The Balaban J connectivity index is 1.58. The van der Waals surface area contributed by atoms with Gasteiger partial charge in [0.25, 0.3) is 5.91 Å². The van der Waals surface area contributed by atoms with Crippen molar-refractivity contribution in [2.24, 2.45) is 7.05 Å². The summed E-state index contributed by atoms with van der Waals surface area (Å²) in [5, 5.41) is 14.1. The van der Waals surface area contributed by atoms with Crippen molar-refractivity contribution in [3.8, 4) is 0 Å². The van der Waals surface area contributed by atoms with Crippen LogP contribution in [-0.2, 0) is 11.8 Å². The quantitative estimate of drug-likeness (QED) is 0.581. The van der Waals surface area contributed by atoms with Crippen molar-refractivity contribution in [1.82, 2.24) is 20.1 Å². The predicted molar refractivity (Wildman–Crippen MR) is 109 cm³/mol. The first-order chi connectivity index (χ1) is 14.0. The summed E-state index contributed by atoms with van der Waals surface area (Å²) < 4.78 is 15.3. The minimum Gasteiger partial charge on any atom is -0.342 e. The molecule has 0 saturated heterocycles. The third kappa shape index (κ3) is 5.20. The van der Waals surface area contributed by atoms with Crippen LogP contribution in [0.2, 0.25) is 0 Å². The van der Waals surface area contributed by atoms with Crippen LogP contribution < -0.4 is 10.6 Å². The zero-order chi connectivity index (χ0) is 20.8. The molecule has 0 saturated carbocycles. The number of hydrogen-bond donors (Lipinski definition) is 2. The molecule has 0 aliphatic heterocycles. The average molecular weight is 413 g/mol. The number of halogens is 1. The number of nitrogens with zero attached hydrogens (tertiary/aromatic N) is 3. The Kier molecular flexibility index (Phi) is 6.61. The molecule has 0 aliphatic rings. The Morgan fingerprint density at radius 1 is 1.10 bits per heavy atom. The third-order valence-corrected chi connectivity index (χ3v) is 5.14. The molecule has 29 heavy (non-hydrogen) atoms. The number of amides is 2. The van der Waals surface area contributed by atoms with E-state index >= 15 is 0 Å². The summed E-state index contributed by atoms with van der Waals surface area (Å²) in [5.41, 5.74) is 0.690. The lowest BCUT2D eigenvalue weighted by atomic mass is 10.2. The Labute approximate surface area is 171 Å². The topological polar surface area (TPSA) is 88.9 Å². The highest BCUT2D eigenvalue weighted by Gasteiger charge is 2.19. The van der Waals surface area contributed by atoms with Crippen molar-refractivity contribution in [2.75, 3.05) is 11.1 Å². The van der Waals surface area contributed by atoms with Gasteiger partial charge in [0, 0.05) is 12.6 Å². The van der Waals surface area contributed by atoms with Crippen LogP contribution in [0.15, 0.2) is 59.8 Å². The van der Waals surface area contributed by atoms with E-state index < -0.39 is 5.82 Å². The Morgan fingerprint density at radius 2 is 1.79 bits per heavy atom. The van der Waals surface area contributed by atoms with Crippen LogP contribution in [0, 0.1) is 5.82 Å². The summed E-state index contributed by atoms with van der Waals surface area (Å²) in [6.07, 6.45) is 0. The maximum atomic E-state index is 13.6. The minimum atomic E-state index is -0.491. The molecule has 0 aliphatic carbocycles. The smallest absolute Gasteiger partial charge is 0.251 e. The highest BCUT2D eigenvalue weighted by atomic mass is 32.2. The van der Waals surface area contributed by atoms with E-state index in [9.17, 15) is 14.0 Å². The Hall–Kier alpha value is -3.20. The SMILES string of the molecule is CC(NC(=O)c1ccccc1)c1nnc(SCC(=O)Nc2ccccc2F)n1C. The molecule has 0 fully saturated rings. The summed E-state index contributed by atoms with van der Waals surface area (Å²) in [6.45, 7) is 1.81. The van der Waals surface area contributed by atoms with Crippen molar-refractivity contribution >= 4 is 29.3 Å². The molecule has 1 heterocycles. The van der Waals surface area contributed by atoms with E-state index in [0.29, 0.717) is 16.5 Å². The minimum absolute atomic E-state index is 0.0467. The van der Waals surface area contributed by atoms with Crippen molar-refractivity contribution in [3.63, 3.8) is 0 Å². The van der Waals surface area contributed by atoms with Gasteiger partial charge in [0.15, 0.2) is 11.0 Å². The molecular weight excluding hydrogens is 393 g/mol. The molecule has 3 aromatic rings. The van der Waals surface area contributed by atoms with E-state index in [-0.39, 0.29) is 29.3 Å². The Bertz CT molecular complexity index is 1010. The van der Waals surface area contributed by atoms with E-state index in [4.69, 9.17) is 0 Å². The molecule has 1 aromatic heterocycles. The highest BCUT2D eigenvalue weighted by Crippen LogP contribution is 2.20. The average Bonchev–Trinajstić information content (AvgIpc) is 3.09. The Morgan fingerprint density at radius 3 is 2.52 bits per heavy atom. The van der Waals surface area contributed by atoms with Gasteiger partial charge in [-0.2, -0.15) is 0 Å². The number of para-hydroxylation sites is 1. The number of aromatic nitrogens is 3. The van der Waals surface area contributed by atoms with E-state index in [2.05, 4.69) is 20.8 Å². The number of anilines is 1. The van der Waals surface area contributed by atoms with Crippen LogP contribution in [0.5, 0.6) is 0 Å². The molecule has 7 nitrogen and oxygen atoms in total. The van der Waals surface area contributed by atoms with Gasteiger partial charge in [-0.3, -0.25) is 9.59 Å². The van der Waals surface area contributed by atoms with Gasteiger partial charge < -0.3 is 15.2 Å². The third-order valence-electron chi connectivity index (χ3n) is 4.12. The maximum Gasteiger partial charge on any atom is 0.251 e. The fourth-order valence-corrected chi connectivity index (χ4v) is 3.36. The monoisotopic (exact) mass is 413 g/mol. The van der Waals surface area contributed by atoms with E-state index in [0.717, 1.165) is 0 Å². The first-order valence-electron chi connectivity index (χ1n) is 8.88. The number of hydrogen-bond acceptors (Lipinski definition) is 5. The molecule has 3 rings (SSSR count). The molecule has 1 atom stereocenters. The molecule has 0 radical (unpaired) electrons. The largest absolute Gasteiger partial charge is 0.342 e. The van der Waals surface area contributed by atoms with Crippen LogP contribution in [0.25, 0.3) is 0 Å². The summed E-state index contributed by atoms with van der Waals surface area (Å²) in [7, 11) is 1.76. The van der Waals surface area contributed by atoms with Gasteiger partial charge in [-0.1, -0.05) is 42.1 Å². The zero-order valence-electron chi connectivity index (χ0n) is 15.9. The fourth-order valence-electron chi connectivity index (χ4n) is 2.64. The van der Waals surface area contributed by atoms with Crippen LogP contribution in [0.1, 0.15) is 29.1 Å². The second-order valence-electron chi connectivity index (χ2n) is 6.28. The molecule has 2 N–H and O–H groups in total. The highest BCUT2D eigenvalue weighted by molar-refractivity contribution is 7.99. The molecule has 0 spiro atoms. The van der Waals surface area contributed by atoms with Crippen LogP contribution in [0.3, 0.4) is 0 Å². The van der Waals surface area contributed by atoms with Crippen LogP contribution in [0.4, 0.5) is 10.1 Å². The van der Waals surface area contributed by atoms with E-state index in [1.54, 1.807) is 48.0 Å². The molecule has 2 amide bonds. The lowest BCUT2D eigenvalue weighted by molar-refractivity contribution is -0.113. The first-order valence-corrected chi connectivity index (χ1v) is 9.86. The van der Waals surface area contributed by atoms with E-state index in [1.807, 2.05) is 13.0 Å². The maximum absolute atomic E-state index is 13.6. The van der Waals surface area contributed by atoms with Crippen LogP contribution >= 0.6 is 11.8 Å². The van der Waals surface area contributed by atoms with Gasteiger partial charge in [-0.05, 0) is 31.2 Å². The number of nitrogens with one attached hydrogen (secondary N) is 2. The predicted octanol–water partition coefficient (Wildman–Crippen LogP) is 3.18. The van der Waals surface area contributed by atoms with Gasteiger partial charge in [-0.15, -0.1) is 10.2 Å². The summed E-state index contributed by atoms with van der Waals surface area (Å²) in [6, 6.07) is 14.5. The summed E-state index contributed by atoms with van der Waals surface area (Å²) in [5.74, 6) is -0.443. The molecule has 1 unspecified atom stereocenters. The second-order valence-corrected chi connectivity index (χ2v) is 7.22. The molecule has 150 valence electrons. The van der Waals surface area contributed by atoms with Gasteiger partial charge >= 0.3 is 0 Å². The lowest BCUT2D eigenvalue weighted by Crippen LogP contribution is -2.28. The molecule has 2 aromatic carbocycles. The standard InChI is InChI=1S/C20H20FN5O2S/c1-13(22-19(28)14-8-4-3-5-9-14)18-24-25-20(26(18)2)29-12-17(27)23-16-11-7-6-10-15(16)21/h3-11,13H,12H2,1-2H3,(H,22,28)(H,23,27). The number of rotatable bonds is 7. The number of carbonyl (C=O) groups is 2. The number of carbonyl (C=O) groups excluding carboxylic acids is 2. The van der Waals surface area contributed by atoms with Crippen molar-refractivity contribution in [1.29, 1.82) is 0 Å². The zero-order valence-corrected chi connectivity index (χ0v) is 16.7. The fraction of sp³-hybridized carbons (Fsp3) is 0.200. The van der Waals surface area contributed by atoms with Gasteiger partial charge in [0.1, 0.15) is 5.82 Å². The van der Waals surface area contributed by atoms with Crippen molar-refractivity contribution in [2.45, 2.75) is 18.1 Å². The molecule has 0 bridgehead atoms. The van der Waals surface area contributed by atoms with Gasteiger partial charge in [0.2, 0.25) is 5.91 Å².